The van der Waals surface area contributed by atoms with Gasteiger partial charge in [0, 0.05) is 23.5 Å². The minimum atomic E-state index is -0.734. The average Bonchev–Trinajstić information content (AvgIpc) is 3.28. The van der Waals surface area contributed by atoms with Crippen LogP contribution in [0.15, 0.2) is 83.3 Å². The zero-order valence-electron chi connectivity index (χ0n) is 20.6. The fourth-order valence-electron chi connectivity index (χ4n) is 4.05. The first-order chi connectivity index (χ1) is 17.3. The number of carbonyl (C=O) groups excluding carboxylic acids is 2. The summed E-state index contributed by atoms with van der Waals surface area (Å²) in [7, 11) is 1.57. The molecule has 7 heteroatoms. The molecule has 1 aromatic heterocycles. The molecule has 2 amide bonds. The molecule has 6 nitrogen and oxygen atoms in total. The number of benzene rings is 3. The summed E-state index contributed by atoms with van der Waals surface area (Å²) in [5.41, 5.74) is 6.29. The lowest BCUT2D eigenvalue weighted by atomic mass is 10.0. The maximum Gasteiger partial charge on any atom is 0.270 e. The number of nitrogens with one attached hydrogen (secondary N) is 2. The van der Waals surface area contributed by atoms with E-state index in [1.54, 1.807) is 17.8 Å². The fraction of sp³-hybridized carbons (Fsp3) is 0.207. The molecule has 0 bridgehead atoms. The van der Waals surface area contributed by atoms with Crippen LogP contribution in [0.4, 0.5) is 0 Å². The molecule has 0 saturated carbocycles. The minimum absolute atomic E-state index is 0.258. The molecule has 1 atom stereocenters. The molecule has 4 rings (SSSR count). The Morgan fingerprint density at radius 1 is 0.917 bits per heavy atom. The van der Waals surface area contributed by atoms with Crippen molar-refractivity contribution in [2.45, 2.75) is 32.9 Å². The number of nitrogens with zero attached hydrogens (tertiary/aromatic N) is 2. The van der Waals surface area contributed by atoms with E-state index in [1.165, 1.54) is 5.56 Å². The van der Waals surface area contributed by atoms with Gasteiger partial charge in [0.1, 0.15) is 11.7 Å². The van der Waals surface area contributed by atoms with Gasteiger partial charge < -0.3 is 10.6 Å². The fourth-order valence-corrected chi connectivity index (χ4v) is 4.49. The highest BCUT2D eigenvalue weighted by Crippen LogP contribution is 2.22. The van der Waals surface area contributed by atoms with Crippen molar-refractivity contribution < 1.29 is 9.59 Å². The number of hydrogen-bond donors (Lipinski definition) is 2. The molecule has 0 saturated heterocycles. The van der Waals surface area contributed by atoms with Crippen molar-refractivity contribution in [2.24, 2.45) is 0 Å². The van der Waals surface area contributed by atoms with Crippen LogP contribution in [-0.4, -0.2) is 34.7 Å². The number of aryl methyl sites for hydroxylation is 2. The van der Waals surface area contributed by atoms with Gasteiger partial charge in [-0.15, -0.1) is 0 Å². The SMILES string of the molecule is CNC(=O)C(Cc1cccc(Br)c1)NC(=O)c1cc(-c2cccc(C)c2)nn1Cc1ccc(C)cc1. The molecular formula is C29H29BrN4O2. The van der Waals surface area contributed by atoms with Crippen LogP contribution in [-0.2, 0) is 17.8 Å². The van der Waals surface area contributed by atoms with Gasteiger partial charge in [0.05, 0.1) is 12.2 Å². The Labute approximate surface area is 219 Å². The van der Waals surface area contributed by atoms with E-state index in [-0.39, 0.29) is 11.8 Å². The van der Waals surface area contributed by atoms with Crippen LogP contribution in [0.5, 0.6) is 0 Å². The van der Waals surface area contributed by atoms with Gasteiger partial charge in [-0.25, -0.2) is 0 Å². The third-order valence-electron chi connectivity index (χ3n) is 5.98. The Bertz CT molecular complexity index is 1380. The van der Waals surface area contributed by atoms with Gasteiger partial charge in [0.15, 0.2) is 0 Å². The van der Waals surface area contributed by atoms with Gasteiger partial charge in [-0.1, -0.05) is 81.7 Å². The Morgan fingerprint density at radius 2 is 1.67 bits per heavy atom. The number of hydrogen-bond acceptors (Lipinski definition) is 3. The van der Waals surface area contributed by atoms with E-state index >= 15 is 0 Å². The molecule has 3 aromatic carbocycles. The monoisotopic (exact) mass is 544 g/mol. The van der Waals surface area contributed by atoms with Crippen molar-refractivity contribution in [1.29, 1.82) is 0 Å². The summed E-state index contributed by atoms with van der Waals surface area (Å²) in [6.07, 6.45) is 0.363. The summed E-state index contributed by atoms with van der Waals surface area (Å²) in [6.45, 7) is 4.50. The van der Waals surface area contributed by atoms with E-state index in [0.717, 1.165) is 26.7 Å². The lowest BCUT2D eigenvalue weighted by molar-refractivity contribution is -0.122. The Hall–Kier alpha value is -3.71. The molecule has 4 aromatic rings. The highest BCUT2D eigenvalue weighted by molar-refractivity contribution is 9.10. The summed E-state index contributed by atoms with van der Waals surface area (Å²) < 4.78 is 2.62. The lowest BCUT2D eigenvalue weighted by Gasteiger charge is -2.18. The van der Waals surface area contributed by atoms with E-state index in [2.05, 4.69) is 26.6 Å². The minimum Gasteiger partial charge on any atom is -0.357 e. The van der Waals surface area contributed by atoms with E-state index in [1.807, 2.05) is 86.6 Å². The molecule has 0 aliphatic heterocycles. The summed E-state index contributed by atoms with van der Waals surface area (Å²) in [5.74, 6) is -0.607. The molecule has 0 radical (unpaired) electrons. The second-order valence-corrected chi connectivity index (χ2v) is 9.82. The van der Waals surface area contributed by atoms with Gasteiger partial charge in [0.2, 0.25) is 5.91 Å². The van der Waals surface area contributed by atoms with Crippen molar-refractivity contribution in [3.8, 4) is 11.3 Å². The average molecular weight is 545 g/mol. The van der Waals surface area contributed by atoms with E-state index in [9.17, 15) is 9.59 Å². The molecule has 184 valence electrons. The van der Waals surface area contributed by atoms with Gasteiger partial charge >= 0.3 is 0 Å². The van der Waals surface area contributed by atoms with Crippen LogP contribution in [0.1, 0.15) is 32.7 Å². The van der Waals surface area contributed by atoms with Gasteiger partial charge in [-0.2, -0.15) is 5.10 Å². The number of likely N-dealkylation sites (N-methyl/N-ethyl adjacent to an activating group) is 1. The molecule has 36 heavy (non-hydrogen) atoms. The van der Waals surface area contributed by atoms with Gasteiger partial charge in [-0.3, -0.25) is 14.3 Å². The molecule has 0 aliphatic rings. The van der Waals surface area contributed by atoms with Crippen molar-refractivity contribution >= 4 is 27.7 Å². The third kappa shape index (κ3) is 6.29. The largest absolute Gasteiger partial charge is 0.357 e. The maximum absolute atomic E-state index is 13.5. The summed E-state index contributed by atoms with van der Waals surface area (Å²) in [5, 5.41) is 10.4. The van der Waals surface area contributed by atoms with Gasteiger partial charge in [-0.05, 0) is 49.2 Å². The van der Waals surface area contributed by atoms with Crippen molar-refractivity contribution in [3.05, 3.63) is 111 Å². The molecule has 2 N–H and O–H groups in total. The molecule has 0 spiro atoms. The number of carbonyl (C=O) groups is 2. The van der Waals surface area contributed by atoms with Crippen LogP contribution in [0.25, 0.3) is 11.3 Å². The van der Waals surface area contributed by atoms with Crippen LogP contribution in [0.3, 0.4) is 0 Å². The first-order valence-corrected chi connectivity index (χ1v) is 12.6. The van der Waals surface area contributed by atoms with Gasteiger partial charge in [0.25, 0.3) is 5.91 Å². The molecule has 1 unspecified atom stereocenters. The molecule has 1 heterocycles. The van der Waals surface area contributed by atoms with Crippen molar-refractivity contribution in [3.63, 3.8) is 0 Å². The third-order valence-corrected chi connectivity index (χ3v) is 6.47. The summed E-state index contributed by atoms with van der Waals surface area (Å²) in [6, 6.07) is 24.9. The zero-order chi connectivity index (χ0) is 25.7. The Balaban J connectivity index is 1.66. The summed E-state index contributed by atoms with van der Waals surface area (Å²) >= 11 is 3.47. The number of rotatable bonds is 8. The number of amides is 2. The van der Waals surface area contributed by atoms with E-state index < -0.39 is 6.04 Å². The van der Waals surface area contributed by atoms with Crippen LogP contribution >= 0.6 is 15.9 Å². The molecule has 0 fully saturated rings. The first-order valence-electron chi connectivity index (χ1n) is 11.8. The van der Waals surface area contributed by atoms with E-state index in [0.29, 0.717) is 24.4 Å². The Morgan fingerprint density at radius 3 is 2.36 bits per heavy atom. The van der Waals surface area contributed by atoms with Crippen molar-refractivity contribution in [2.75, 3.05) is 7.05 Å². The molecule has 0 aliphatic carbocycles. The normalized spacial score (nSPS) is 11.7. The predicted octanol–water partition coefficient (Wildman–Crippen LogP) is 5.06. The standard InChI is InChI=1S/C29H29BrN4O2/c1-19-10-12-21(13-11-19)18-34-27(17-25(33-34)23-8-4-6-20(2)14-23)29(36)32-26(28(35)31-3)16-22-7-5-9-24(30)15-22/h4-15,17,26H,16,18H2,1-3H3,(H,31,35)(H,32,36). The molecular weight excluding hydrogens is 516 g/mol. The van der Waals surface area contributed by atoms with Crippen molar-refractivity contribution in [1.82, 2.24) is 20.4 Å². The quantitative estimate of drug-likeness (QED) is 0.325. The van der Waals surface area contributed by atoms with Crippen LogP contribution in [0.2, 0.25) is 0 Å². The Kier molecular flexibility index (Phi) is 8.00. The highest BCUT2D eigenvalue weighted by atomic mass is 79.9. The second-order valence-electron chi connectivity index (χ2n) is 8.90. The highest BCUT2D eigenvalue weighted by Gasteiger charge is 2.24. The zero-order valence-corrected chi connectivity index (χ0v) is 22.2. The van der Waals surface area contributed by atoms with E-state index in [4.69, 9.17) is 5.10 Å². The van der Waals surface area contributed by atoms with Crippen LogP contribution < -0.4 is 10.6 Å². The predicted molar refractivity (Wildman–Crippen MR) is 146 cm³/mol. The summed E-state index contributed by atoms with van der Waals surface area (Å²) in [4.78, 5) is 26.2. The number of halogens is 1. The second kappa shape index (κ2) is 11.4. The first kappa shape index (κ1) is 25.4. The number of aromatic nitrogens is 2. The topological polar surface area (TPSA) is 76.0 Å². The smallest absolute Gasteiger partial charge is 0.270 e. The maximum atomic E-state index is 13.5. The van der Waals surface area contributed by atoms with Crippen LogP contribution in [0, 0.1) is 13.8 Å². The lowest BCUT2D eigenvalue weighted by Crippen LogP contribution is -2.47.